The van der Waals surface area contributed by atoms with E-state index in [0.717, 1.165) is 0 Å². The standard InChI is InChI=1S/C15H16Si/c1-16(15-10-6-3-7-11-15)13-12-14-8-4-2-5-9-14/h2-13,16H,1H3/b13-12+. The van der Waals surface area contributed by atoms with Crippen LogP contribution in [0.5, 0.6) is 0 Å². The summed E-state index contributed by atoms with van der Waals surface area (Å²) >= 11 is 0. The molecule has 0 nitrogen and oxygen atoms in total. The van der Waals surface area contributed by atoms with Crippen LogP contribution in [-0.2, 0) is 0 Å². The molecule has 1 heteroatoms. The Morgan fingerprint density at radius 3 is 2.00 bits per heavy atom. The van der Waals surface area contributed by atoms with Crippen LogP contribution >= 0.6 is 0 Å². The van der Waals surface area contributed by atoms with Crippen molar-refractivity contribution in [3.05, 3.63) is 71.9 Å². The van der Waals surface area contributed by atoms with Crippen molar-refractivity contribution >= 4 is 20.1 Å². The van der Waals surface area contributed by atoms with Gasteiger partial charge in [-0.25, -0.2) is 0 Å². The number of rotatable bonds is 3. The van der Waals surface area contributed by atoms with Gasteiger partial charge < -0.3 is 0 Å². The van der Waals surface area contributed by atoms with Crippen molar-refractivity contribution in [3.63, 3.8) is 0 Å². The zero-order valence-corrected chi connectivity index (χ0v) is 10.7. The number of hydrogen-bond acceptors (Lipinski definition) is 0. The quantitative estimate of drug-likeness (QED) is 0.703. The normalized spacial score (nSPS) is 12.8. The van der Waals surface area contributed by atoms with Crippen LogP contribution in [0, 0.1) is 0 Å². The van der Waals surface area contributed by atoms with E-state index >= 15 is 0 Å². The van der Waals surface area contributed by atoms with E-state index < -0.39 is 8.80 Å². The van der Waals surface area contributed by atoms with E-state index in [2.05, 4.69) is 79.0 Å². The van der Waals surface area contributed by atoms with Crippen LogP contribution in [0.15, 0.2) is 66.4 Å². The average molecular weight is 224 g/mol. The van der Waals surface area contributed by atoms with E-state index in [-0.39, 0.29) is 0 Å². The lowest BCUT2D eigenvalue weighted by atomic mass is 10.2. The van der Waals surface area contributed by atoms with Gasteiger partial charge in [-0.05, 0) is 5.56 Å². The van der Waals surface area contributed by atoms with E-state index in [1.54, 1.807) is 0 Å². The maximum absolute atomic E-state index is 2.38. The van der Waals surface area contributed by atoms with Crippen molar-refractivity contribution < 1.29 is 0 Å². The first kappa shape index (κ1) is 10.9. The van der Waals surface area contributed by atoms with Crippen molar-refractivity contribution in [3.8, 4) is 0 Å². The van der Waals surface area contributed by atoms with Gasteiger partial charge in [0.15, 0.2) is 0 Å². The molecule has 0 heterocycles. The summed E-state index contributed by atoms with van der Waals surface area (Å²) in [6, 6.07) is 21.3. The Labute approximate surface area is 98.9 Å². The van der Waals surface area contributed by atoms with Gasteiger partial charge >= 0.3 is 0 Å². The molecule has 0 aromatic heterocycles. The first-order valence-electron chi connectivity index (χ1n) is 5.64. The summed E-state index contributed by atoms with van der Waals surface area (Å²) in [4.78, 5) is 0. The van der Waals surface area contributed by atoms with Gasteiger partial charge in [-0.1, -0.05) is 84.2 Å². The summed E-state index contributed by atoms with van der Waals surface area (Å²) in [6.07, 6.45) is 2.24. The summed E-state index contributed by atoms with van der Waals surface area (Å²) in [5, 5.41) is 1.50. The number of hydrogen-bond donors (Lipinski definition) is 0. The van der Waals surface area contributed by atoms with E-state index in [4.69, 9.17) is 0 Å². The van der Waals surface area contributed by atoms with Gasteiger partial charge in [-0.15, -0.1) is 0 Å². The Balaban J connectivity index is 2.08. The Kier molecular flexibility index (Phi) is 3.73. The third kappa shape index (κ3) is 2.94. The fourth-order valence-corrected chi connectivity index (χ4v) is 3.25. The zero-order chi connectivity index (χ0) is 11.2. The first-order valence-corrected chi connectivity index (χ1v) is 8.04. The molecule has 0 bridgehead atoms. The van der Waals surface area contributed by atoms with Crippen molar-refractivity contribution in [1.29, 1.82) is 0 Å². The van der Waals surface area contributed by atoms with Crippen molar-refractivity contribution in [2.24, 2.45) is 0 Å². The third-order valence-corrected chi connectivity index (χ3v) is 4.91. The minimum Gasteiger partial charge on any atom is -0.0925 e. The molecular weight excluding hydrogens is 208 g/mol. The summed E-state index contributed by atoms with van der Waals surface area (Å²) < 4.78 is 0. The molecule has 1 atom stereocenters. The van der Waals surface area contributed by atoms with Crippen LogP contribution in [0.3, 0.4) is 0 Å². The molecule has 0 N–H and O–H groups in total. The molecule has 0 fully saturated rings. The molecule has 0 aliphatic heterocycles. The lowest BCUT2D eigenvalue weighted by molar-refractivity contribution is 1.66. The second-order valence-electron chi connectivity index (χ2n) is 3.97. The van der Waals surface area contributed by atoms with Gasteiger partial charge in [-0.3, -0.25) is 0 Å². The highest BCUT2D eigenvalue weighted by molar-refractivity contribution is 6.77. The van der Waals surface area contributed by atoms with Gasteiger partial charge in [0, 0.05) is 0 Å². The first-order chi connectivity index (χ1) is 7.86. The highest BCUT2D eigenvalue weighted by Gasteiger charge is 2.00. The van der Waals surface area contributed by atoms with Crippen molar-refractivity contribution in [2.45, 2.75) is 6.55 Å². The fourth-order valence-electron chi connectivity index (χ4n) is 1.69. The molecule has 0 aliphatic carbocycles. The lowest BCUT2D eigenvalue weighted by Gasteiger charge is -2.03. The highest BCUT2D eigenvalue weighted by Crippen LogP contribution is 2.02. The second-order valence-corrected chi connectivity index (χ2v) is 6.60. The largest absolute Gasteiger partial charge is 0.0925 e. The second kappa shape index (κ2) is 5.47. The van der Waals surface area contributed by atoms with Gasteiger partial charge in [0.1, 0.15) is 0 Å². The molecule has 0 radical (unpaired) electrons. The topological polar surface area (TPSA) is 0 Å². The molecule has 0 amide bonds. The van der Waals surface area contributed by atoms with Crippen molar-refractivity contribution in [1.82, 2.24) is 0 Å². The van der Waals surface area contributed by atoms with Gasteiger partial charge in [-0.2, -0.15) is 0 Å². The molecule has 16 heavy (non-hydrogen) atoms. The monoisotopic (exact) mass is 224 g/mol. The SMILES string of the molecule is C[SiH](/C=C/c1ccccc1)c1ccccc1. The predicted octanol–water partition coefficient (Wildman–Crippen LogP) is 3.00. The van der Waals surface area contributed by atoms with Crippen LogP contribution in [0.25, 0.3) is 6.08 Å². The molecule has 2 aromatic carbocycles. The Morgan fingerprint density at radius 2 is 1.38 bits per heavy atom. The van der Waals surface area contributed by atoms with Crippen LogP contribution in [0.4, 0.5) is 0 Å². The maximum Gasteiger partial charge on any atom is 0.0910 e. The molecule has 0 spiro atoms. The molecule has 2 aromatic rings. The molecule has 0 aliphatic rings. The maximum atomic E-state index is 2.38. The summed E-state index contributed by atoms with van der Waals surface area (Å²) in [5.74, 6) is 0. The minimum atomic E-state index is -0.911. The lowest BCUT2D eigenvalue weighted by Crippen LogP contribution is -2.23. The van der Waals surface area contributed by atoms with E-state index in [9.17, 15) is 0 Å². The molecule has 2 rings (SSSR count). The number of benzene rings is 2. The van der Waals surface area contributed by atoms with Crippen LogP contribution in [-0.4, -0.2) is 8.80 Å². The van der Waals surface area contributed by atoms with Crippen LogP contribution < -0.4 is 5.19 Å². The predicted molar refractivity (Wildman–Crippen MR) is 74.6 cm³/mol. The molecule has 80 valence electrons. The van der Waals surface area contributed by atoms with Crippen molar-refractivity contribution in [2.75, 3.05) is 0 Å². The molecule has 1 unspecified atom stereocenters. The smallest absolute Gasteiger partial charge is 0.0910 e. The highest BCUT2D eigenvalue weighted by atomic mass is 28.3. The van der Waals surface area contributed by atoms with Crippen LogP contribution in [0.2, 0.25) is 6.55 Å². The molecule has 0 saturated heterocycles. The molecule has 0 saturated carbocycles. The van der Waals surface area contributed by atoms with Gasteiger partial charge in [0.05, 0.1) is 8.80 Å². The zero-order valence-electron chi connectivity index (χ0n) is 9.51. The summed E-state index contributed by atoms with van der Waals surface area (Å²) in [5.41, 5.74) is 3.67. The summed E-state index contributed by atoms with van der Waals surface area (Å²) in [6.45, 7) is 2.36. The Hall–Kier alpha value is -1.60. The Morgan fingerprint density at radius 1 is 0.812 bits per heavy atom. The van der Waals surface area contributed by atoms with E-state index in [1.807, 2.05) is 0 Å². The van der Waals surface area contributed by atoms with Gasteiger partial charge in [0.2, 0.25) is 0 Å². The molecular formula is C15H16Si. The van der Waals surface area contributed by atoms with Crippen LogP contribution in [0.1, 0.15) is 5.56 Å². The fraction of sp³-hybridized carbons (Fsp3) is 0.0667. The third-order valence-electron chi connectivity index (χ3n) is 2.70. The van der Waals surface area contributed by atoms with Gasteiger partial charge in [0.25, 0.3) is 0 Å². The average Bonchev–Trinajstić information content (AvgIpc) is 2.38. The summed E-state index contributed by atoms with van der Waals surface area (Å²) in [7, 11) is -0.911. The van der Waals surface area contributed by atoms with E-state index in [0.29, 0.717) is 0 Å². The van der Waals surface area contributed by atoms with E-state index in [1.165, 1.54) is 10.8 Å². The minimum absolute atomic E-state index is 0.911. The Bertz CT molecular complexity index is 445.